The summed E-state index contributed by atoms with van der Waals surface area (Å²) in [5.41, 5.74) is -0.155. The van der Waals surface area contributed by atoms with Crippen LogP contribution in [0, 0.1) is 11.7 Å². The van der Waals surface area contributed by atoms with Crippen LogP contribution in [-0.2, 0) is 29.3 Å². The summed E-state index contributed by atoms with van der Waals surface area (Å²) in [5, 5.41) is 2.56. The smallest absolute Gasteiger partial charge is 0.328 e. The van der Waals surface area contributed by atoms with Gasteiger partial charge in [-0.05, 0) is 42.9 Å². The molecule has 0 spiro atoms. The summed E-state index contributed by atoms with van der Waals surface area (Å²) >= 11 is 0. The Balaban J connectivity index is 2.01. The van der Waals surface area contributed by atoms with Crippen LogP contribution in [0.4, 0.5) is 4.39 Å². The van der Waals surface area contributed by atoms with E-state index in [4.69, 9.17) is 9.47 Å². The molecule has 1 N–H and O–H groups in total. The molecular formula is C21H28FNO5. The third-order valence-corrected chi connectivity index (χ3v) is 5.11. The normalized spacial score (nSPS) is 16.5. The Labute approximate surface area is 164 Å². The summed E-state index contributed by atoms with van der Waals surface area (Å²) in [5.74, 6) is -1.79. The Kier molecular flexibility index (Phi) is 7.54. The number of ether oxygens (including phenoxy) is 2. The van der Waals surface area contributed by atoms with Crippen LogP contribution >= 0.6 is 0 Å². The second-order valence-corrected chi connectivity index (χ2v) is 7.65. The van der Waals surface area contributed by atoms with E-state index < -0.39 is 35.9 Å². The summed E-state index contributed by atoms with van der Waals surface area (Å²) in [6.45, 7) is 3.37. The van der Waals surface area contributed by atoms with Crippen molar-refractivity contribution in [3.05, 3.63) is 35.6 Å². The molecule has 0 aliphatic heterocycles. The van der Waals surface area contributed by atoms with Crippen LogP contribution in [-0.4, -0.2) is 37.6 Å². The Morgan fingerprint density at radius 3 is 2.29 bits per heavy atom. The highest BCUT2D eigenvalue weighted by Gasteiger charge is 2.44. The average molecular weight is 393 g/mol. The summed E-state index contributed by atoms with van der Waals surface area (Å²) in [6, 6.07) is 5.05. The quantitative estimate of drug-likeness (QED) is 0.687. The van der Waals surface area contributed by atoms with Crippen molar-refractivity contribution in [1.82, 2.24) is 5.32 Å². The molecule has 1 saturated carbocycles. The first-order valence-electron chi connectivity index (χ1n) is 9.59. The molecule has 0 radical (unpaired) electrons. The SMILES string of the molecule is COC(=O)[C@@H](CC(C)C)NC(=O)COC(=O)C1(c2ccc(F)cc2)CCCC1. The van der Waals surface area contributed by atoms with Gasteiger partial charge in [0.05, 0.1) is 12.5 Å². The van der Waals surface area contributed by atoms with Crippen LogP contribution in [0.1, 0.15) is 51.5 Å². The lowest BCUT2D eigenvalue weighted by Crippen LogP contribution is -2.45. The van der Waals surface area contributed by atoms with Crippen LogP contribution in [0.15, 0.2) is 24.3 Å². The van der Waals surface area contributed by atoms with Crippen LogP contribution in [0.3, 0.4) is 0 Å². The standard InChI is InChI=1S/C21H28FNO5/c1-14(2)12-17(19(25)27-3)23-18(24)13-28-20(26)21(10-4-5-11-21)15-6-8-16(22)9-7-15/h6-9,14,17H,4-5,10-13H2,1-3H3,(H,23,24)/t17-/m1/s1. The average Bonchev–Trinajstić information content (AvgIpc) is 3.16. The Bertz CT molecular complexity index is 695. The van der Waals surface area contributed by atoms with Gasteiger partial charge in [0.15, 0.2) is 6.61 Å². The number of halogens is 1. The van der Waals surface area contributed by atoms with Gasteiger partial charge >= 0.3 is 11.9 Å². The Morgan fingerprint density at radius 1 is 1.14 bits per heavy atom. The Hall–Kier alpha value is -2.44. The monoisotopic (exact) mass is 393 g/mol. The number of hydrogen-bond donors (Lipinski definition) is 1. The van der Waals surface area contributed by atoms with Crippen LogP contribution < -0.4 is 5.32 Å². The summed E-state index contributed by atoms with van der Waals surface area (Å²) in [7, 11) is 1.26. The maximum Gasteiger partial charge on any atom is 0.328 e. The highest BCUT2D eigenvalue weighted by atomic mass is 19.1. The maximum absolute atomic E-state index is 13.3. The molecule has 1 aromatic rings. The molecule has 154 valence electrons. The van der Waals surface area contributed by atoms with Gasteiger partial charge in [-0.2, -0.15) is 0 Å². The second kappa shape index (κ2) is 9.66. The van der Waals surface area contributed by atoms with Gasteiger partial charge in [-0.3, -0.25) is 9.59 Å². The van der Waals surface area contributed by atoms with Gasteiger partial charge in [0.25, 0.3) is 5.91 Å². The summed E-state index contributed by atoms with van der Waals surface area (Å²) in [6.07, 6.45) is 3.33. The van der Waals surface area contributed by atoms with Crippen LogP contribution in [0.25, 0.3) is 0 Å². The maximum atomic E-state index is 13.3. The molecule has 1 fully saturated rings. The summed E-state index contributed by atoms with van der Waals surface area (Å²) in [4.78, 5) is 36.9. The van der Waals surface area contributed by atoms with Gasteiger partial charge < -0.3 is 14.8 Å². The van der Waals surface area contributed by atoms with Gasteiger partial charge in [-0.25, -0.2) is 9.18 Å². The van der Waals surface area contributed by atoms with Gasteiger partial charge in [0.1, 0.15) is 11.9 Å². The predicted octanol–water partition coefficient (Wildman–Crippen LogP) is 2.88. The molecule has 1 aromatic carbocycles. The number of esters is 2. The van der Waals surface area contributed by atoms with E-state index in [2.05, 4.69) is 5.32 Å². The van der Waals surface area contributed by atoms with Crippen molar-refractivity contribution in [3.63, 3.8) is 0 Å². The number of benzene rings is 1. The number of nitrogens with one attached hydrogen (secondary N) is 1. The van der Waals surface area contributed by atoms with E-state index in [1.165, 1.54) is 19.2 Å². The molecular weight excluding hydrogens is 365 g/mol. The molecule has 0 saturated heterocycles. The van der Waals surface area contributed by atoms with Crippen molar-refractivity contribution in [2.75, 3.05) is 13.7 Å². The zero-order valence-electron chi connectivity index (χ0n) is 16.6. The zero-order valence-corrected chi connectivity index (χ0v) is 16.6. The number of carbonyl (C=O) groups is 3. The minimum absolute atomic E-state index is 0.173. The minimum Gasteiger partial charge on any atom is -0.467 e. The van der Waals surface area contributed by atoms with E-state index in [1.807, 2.05) is 13.8 Å². The summed E-state index contributed by atoms with van der Waals surface area (Å²) < 4.78 is 23.3. The number of methoxy groups -OCH3 is 1. The fraction of sp³-hybridized carbons (Fsp3) is 0.571. The first-order valence-corrected chi connectivity index (χ1v) is 9.59. The molecule has 0 aromatic heterocycles. The first kappa shape index (κ1) is 21.9. The van der Waals surface area contributed by atoms with E-state index in [0.29, 0.717) is 24.8 Å². The Morgan fingerprint density at radius 2 is 1.75 bits per heavy atom. The number of amides is 1. The van der Waals surface area contributed by atoms with Crippen molar-refractivity contribution in [2.24, 2.45) is 5.92 Å². The van der Waals surface area contributed by atoms with Crippen LogP contribution in [0.2, 0.25) is 0 Å². The first-order chi connectivity index (χ1) is 13.3. The van der Waals surface area contributed by atoms with Gasteiger partial charge in [-0.15, -0.1) is 0 Å². The molecule has 1 atom stereocenters. The number of rotatable bonds is 8. The van der Waals surface area contributed by atoms with E-state index in [1.54, 1.807) is 12.1 Å². The number of hydrogen-bond acceptors (Lipinski definition) is 5. The molecule has 0 bridgehead atoms. The zero-order chi connectivity index (χ0) is 20.7. The lowest BCUT2D eigenvalue weighted by Gasteiger charge is -2.27. The van der Waals surface area contributed by atoms with Crippen molar-refractivity contribution >= 4 is 17.8 Å². The lowest BCUT2D eigenvalue weighted by molar-refractivity contribution is -0.155. The molecule has 1 aliphatic rings. The minimum atomic E-state index is -0.854. The molecule has 1 amide bonds. The molecule has 0 heterocycles. The molecule has 2 rings (SSSR count). The van der Waals surface area contributed by atoms with Gasteiger partial charge in [0.2, 0.25) is 0 Å². The molecule has 0 unspecified atom stereocenters. The van der Waals surface area contributed by atoms with Crippen molar-refractivity contribution in [2.45, 2.75) is 57.4 Å². The molecule has 7 heteroatoms. The van der Waals surface area contributed by atoms with E-state index in [-0.39, 0.29) is 11.7 Å². The lowest BCUT2D eigenvalue weighted by atomic mass is 9.79. The van der Waals surface area contributed by atoms with Crippen molar-refractivity contribution in [3.8, 4) is 0 Å². The molecule has 28 heavy (non-hydrogen) atoms. The van der Waals surface area contributed by atoms with E-state index in [0.717, 1.165) is 12.8 Å². The molecule has 6 nitrogen and oxygen atoms in total. The third kappa shape index (κ3) is 5.30. The van der Waals surface area contributed by atoms with Gasteiger partial charge in [-0.1, -0.05) is 38.8 Å². The fourth-order valence-electron chi connectivity index (χ4n) is 3.69. The predicted molar refractivity (Wildman–Crippen MR) is 101 cm³/mol. The third-order valence-electron chi connectivity index (χ3n) is 5.11. The van der Waals surface area contributed by atoms with Gasteiger partial charge in [0, 0.05) is 0 Å². The fourth-order valence-corrected chi connectivity index (χ4v) is 3.69. The molecule has 1 aliphatic carbocycles. The number of carbonyl (C=O) groups excluding carboxylic acids is 3. The highest BCUT2D eigenvalue weighted by Crippen LogP contribution is 2.42. The van der Waals surface area contributed by atoms with Crippen LogP contribution in [0.5, 0.6) is 0 Å². The topological polar surface area (TPSA) is 81.7 Å². The van der Waals surface area contributed by atoms with E-state index in [9.17, 15) is 18.8 Å². The second-order valence-electron chi connectivity index (χ2n) is 7.65. The van der Waals surface area contributed by atoms with Crippen molar-refractivity contribution < 1.29 is 28.2 Å². The van der Waals surface area contributed by atoms with E-state index >= 15 is 0 Å². The largest absolute Gasteiger partial charge is 0.467 e. The van der Waals surface area contributed by atoms with Crippen molar-refractivity contribution in [1.29, 1.82) is 0 Å². The highest BCUT2D eigenvalue weighted by molar-refractivity contribution is 5.88.